The lowest BCUT2D eigenvalue weighted by Crippen LogP contribution is -2.47. The highest BCUT2D eigenvalue weighted by atomic mass is 19.1. The molecule has 0 atom stereocenters. The zero-order valence-corrected chi connectivity index (χ0v) is 20.4. The van der Waals surface area contributed by atoms with Crippen LogP contribution < -0.4 is 20.4 Å². The highest BCUT2D eigenvalue weighted by Crippen LogP contribution is 2.22. The molecular formula is C27H28FN9. The molecule has 4 heterocycles. The van der Waals surface area contributed by atoms with Crippen molar-refractivity contribution in [3.63, 3.8) is 0 Å². The number of rotatable bonds is 6. The van der Waals surface area contributed by atoms with E-state index in [9.17, 15) is 4.39 Å². The lowest BCUT2D eigenvalue weighted by Gasteiger charge is -2.34. The fourth-order valence-corrected chi connectivity index (χ4v) is 4.78. The van der Waals surface area contributed by atoms with Gasteiger partial charge in [0.15, 0.2) is 0 Å². The Kier molecular flexibility index (Phi) is 6.55. The molecule has 1 saturated heterocycles. The van der Waals surface area contributed by atoms with E-state index >= 15 is 0 Å². The van der Waals surface area contributed by atoms with Crippen LogP contribution in [0, 0.1) is 5.82 Å². The molecule has 2 aliphatic heterocycles. The SMILES string of the molecule is Fc1cccc(Cc2cnc(N3CCN(c4ncnc(Nc5ccc6c(c5)CNCC6)n4)CC3)nc2)c1. The maximum atomic E-state index is 13.4. The van der Waals surface area contributed by atoms with Crippen LogP contribution >= 0.6 is 0 Å². The van der Waals surface area contributed by atoms with Gasteiger partial charge in [0.25, 0.3) is 0 Å². The van der Waals surface area contributed by atoms with Crippen molar-refractivity contribution >= 4 is 23.5 Å². The molecule has 0 unspecified atom stereocenters. The molecular weight excluding hydrogens is 469 g/mol. The Balaban J connectivity index is 1.06. The van der Waals surface area contributed by atoms with Crippen molar-refractivity contribution in [2.45, 2.75) is 19.4 Å². The zero-order valence-electron chi connectivity index (χ0n) is 20.4. The lowest BCUT2D eigenvalue weighted by atomic mass is 10.0. The van der Waals surface area contributed by atoms with Gasteiger partial charge in [-0.25, -0.2) is 24.3 Å². The van der Waals surface area contributed by atoms with Crippen molar-refractivity contribution in [1.82, 2.24) is 30.2 Å². The van der Waals surface area contributed by atoms with Gasteiger partial charge >= 0.3 is 0 Å². The maximum Gasteiger partial charge on any atom is 0.231 e. The van der Waals surface area contributed by atoms with Crippen molar-refractivity contribution in [1.29, 1.82) is 0 Å². The van der Waals surface area contributed by atoms with E-state index in [-0.39, 0.29) is 5.82 Å². The monoisotopic (exact) mass is 497 g/mol. The maximum absolute atomic E-state index is 13.4. The number of nitrogens with zero attached hydrogens (tertiary/aromatic N) is 7. The summed E-state index contributed by atoms with van der Waals surface area (Å²) >= 11 is 0. The average molecular weight is 498 g/mol. The molecule has 4 aromatic rings. The number of hydrogen-bond acceptors (Lipinski definition) is 9. The Hall–Kier alpha value is -4.18. The Morgan fingerprint density at radius 3 is 2.46 bits per heavy atom. The molecule has 2 aromatic heterocycles. The normalized spacial score (nSPS) is 15.4. The van der Waals surface area contributed by atoms with E-state index in [1.807, 2.05) is 18.5 Å². The van der Waals surface area contributed by atoms with Crippen LogP contribution in [0.2, 0.25) is 0 Å². The largest absolute Gasteiger partial charge is 0.337 e. The second-order valence-corrected chi connectivity index (χ2v) is 9.32. The van der Waals surface area contributed by atoms with Gasteiger partial charge in [0.2, 0.25) is 17.8 Å². The van der Waals surface area contributed by atoms with Crippen LogP contribution in [-0.2, 0) is 19.4 Å². The quantitative estimate of drug-likeness (QED) is 0.417. The van der Waals surface area contributed by atoms with Gasteiger partial charge in [-0.05, 0) is 59.5 Å². The molecule has 0 aliphatic carbocycles. The molecule has 2 aromatic carbocycles. The summed E-state index contributed by atoms with van der Waals surface area (Å²) in [5.41, 5.74) is 5.53. The van der Waals surface area contributed by atoms with Gasteiger partial charge in [-0.15, -0.1) is 0 Å². The van der Waals surface area contributed by atoms with Crippen LogP contribution in [0.1, 0.15) is 22.3 Å². The van der Waals surface area contributed by atoms with E-state index in [1.54, 1.807) is 18.5 Å². The summed E-state index contributed by atoms with van der Waals surface area (Å²) in [5, 5.41) is 6.74. The smallest absolute Gasteiger partial charge is 0.231 e. The minimum Gasteiger partial charge on any atom is -0.337 e. The molecule has 0 saturated carbocycles. The predicted octanol–water partition coefficient (Wildman–Crippen LogP) is 3.11. The third-order valence-corrected chi connectivity index (χ3v) is 6.74. The molecule has 2 aliphatic rings. The zero-order chi connectivity index (χ0) is 25.0. The van der Waals surface area contributed by atoms with E-state index in [1.165, 1.54) is 17.2 Å². The summed E-state index contributed by atoms with van der Waals surface area (Å²) in [6.07, 6.45) is 6.85. The molecule has 0 radical (unpaired) electrons. The summed E-state index contributed by atoms with van der Waals surface area (Å²) in [4.78, 5) is 26.8. The van der Waals surface area contributed by atoms with E-state index in [2.05, 4.69) is 63.6 Å². The molecule has 0 amide bonds. The van der Waals surface area contributed by atoms with Crippen molar-refractivity contribution < 1.29 is 4.39 Å². The highest BCUT2D eigenvalue weighted by molar-refractivity contribution is 5.57. The summed E-state index contributed by atoms with van der Waals surface area (Å²) in [6, 6.07) is 13.0. The summed E-state index contributed by atoms with van der Waals surface area (Å²) < 4.78 is 13.4. The first-order valence-electron chi connectivity index (χ1n) is 12.5. The van der Waals surface area contributed by atoms with Crippen LogP contribution in [0.3, 0.4) is 0 Å². The minimum atomic E-state index is -0.231. The number of fused-ring (bicyclic) bond motifs is 1. The predicted molar refractivity (Wildman–Crippen MR) is 141 cm³/mol. The number of hydrogen-bond donors (Lipinski definition) is 2. The molecule has 10 heteroatoms. The third kappa shape index (κ3) is 5.49. The summed E-state index contributed by atoms with van der Waals surface area (Å²) in [6.45, 7) is 4.94. The average Bonchev–Trinajstić information content (AvgIpc) is 2.94. The molecule has 0 bridgehead atoms. The summed E-state index contributed by atoms with van der Waals surface area (Å²) in [7, 11) is 0. The Bertz CT molecular complexity index is 1370. The van der Waals surface area contributed by atoms with Gasteiger partial charge in [-0.1, -0.05) is 18.2 Å². The first kappa shape index (κ1) is 23.2. The third-order valence-electron chi connectivity index (χ3n) is 6.74. The standard InChI is InChI=1S/C27H28FN9/c28-23-3-1-2-19(13-23)12-20-15-30-26(31-16-20)36-8-10-37(11-9-36)27-33-18-32-25(35-27)34-24-5-4-21-6-7-29-17-22(21)14-24/h1-5,13-16,18,29H,6-12,17H2,(H,32,33,34,35). The van der Waals surface area contributed by atoms with Gasteiger partial charge in [-0.2, -0.15) is 4.98 Å². The number of nitrogens with one attached hydrogen (secondary N) is 2. The highest BCUT2D eigenvalue weighted by Gasteiger charge is 2.21. The molecule has 6 rings (SSSR count). The first-order chi connectivity index (χ1) is 18.2. The number of piperazine rings is 1. The molecule has 0 spiro atoms. The fraction of sp³-hybridized carbons (Fsp3) is 0.296. The van der Waals surface area contributed by atoms with E-state index < -0.39 is 0 Å². The van der Waals surface area contributed by atoms with Crippen molar-refractivity contribution in [2.24, 2.45) is 0 Å². The van der Waals surface area contributed by atoms with E-state index in [4.69, 9.17) is 0 Å². The van der Waals surface area contributed by atoms with Gasteiger partial charge in [0, 0.05) is 57.2 Å². The summed E-state index contributed by atoms with van der Waals surface area (Å²) in [5.74, 6) is 1.66. The molecule has 37 heavy (non-hydrogen) atoms. The van der Waals surface area contributed by atoms with Crippen molar-refractivity contribution in [3.8, 4) is 0 Å². The van der Waals surface area contributed by atoms with Crippen LogP contribution in [0.4, 0.5) is 27.9 Å². The van der Waals surface area contributed by atoms with E-state index in [0.717, 1.165) is 62.5 Å². The van der Waals surface area contributed by atoms with Crippen molar-refractivity contribution in [3.05, 3.63) is 89.3 Å². The Morgan fingerprint density at radius 1 is 0.838 bits per heavy atom. The van der Waals surface area contributed by atoms with Crippen LogP contribution in [0.15, 0.2) is 61.2 Å². The molecule has 1 fully saturated rings. The number of aromatic nitrogens is 5. The van der Waals surface area contributed by atoms with Crippen LogP contribution in [-0.4, -0.2) is 57.6 Å². The Labute approximate surface area is 214 Å². The fourth-order valence-electron chi connectivity index (χ4n) is 4.78. The van der Waals surface area contributed by atoms with Gasteiger partial charge in [0.1, 0.15) is 12.1 Å². The lowest BCUT2D eigenvalue weighted by molar-refractivity contribution is 0.625. The number of benzene rings is 2. The second kappa shape index (κ2) is 10.4. The van der Waals surface area contributed by atoms with Crippen molar-refractivity contribution in [2.75, 3.05) is 47.8 Å². The first-order valence-corrected chi connectivity index (χ1v) is 12.5. The molecule has 2 N–H and O–H groups in total. The minimum absolute atomic E-state index is 0.231. The second-order valence-electron chi connectivity index (χ2n) is 9.32. The van der Waals surface area contributed by atoms with E-state index in [0.29, 0.717) is 24.3 Å². The number of anilines is 4. The Morgan fingerprint density at radius 2 is 1.65 bits per heavy atom. The molecule has 188 valence electrons. The van der Waals surface area contributed by atoms with Gasteiger partial charge in [-0.3, -0.25) is 0 Å². The molecule has 9 nitrogen and oxygen atoms in total. The van der Waals surface area contributed by atoms with Gasteiger partial charge < -0.3 is 20.4 Å². The van der Waals surface area contributed by atoms with Crippen LogP contribution in [0.25, 0.3) is 0 Å². The topological polar surface area (TPSA) is 95.0 Å². The van der Waals surface area contributed by atoms with Crippen LogP contribution in [0.5, 0.6) is 0 Å². The van der Waals surface area contributed by atoms with Gasteiger partial charge in [0.05, 0.1) is 0 Å². The number of halogens is 1.